The first-order valence-corrected chi connectivity index (χ1v) is 23.4. The van der Waals surface area contributed by atoms with E-state index in [4.69, 9.17) is 44.3 Å². The van der Waals surface area contributed by atoms with Crippen LogP contribution >= 0.6 is 44.3 Å². The fraction of sp³-hybridized carbons (Fsp3) is 1.00. The molecule has 1 radical (unpaired) electrons. The molecule has 3 atom stereocenters. The average molecular weight is 458 g/mol. The molecule has 0 heterocycles. The molecule has 0 spiro atoms. The second kappa shape index (κ2) is 9.05. The van der Waals surface area contributed by atoms with E-state index in [9.17, 15) is 0 Å². The Balaban J connectivity index is 5.95. The molecule has 133 valence electrons. The third-order valence-corrected chi connectivity index (χ3v) is 40.0. The maximum atomic E-state index is 7.23. The number of hydrogen-bond donors (Lipinski definition) is 1. The molecule has 0 aromatic heterocycles. The Labute approximate surface area is 160 Å². The van der Waals surface area contributed by atoms with Crippen LogP contribution < -0.4 is 4.65 Å². The average Bonchev–Trinajstić information content (AvgIpc) is 2.36. The highest BCUT2D eigenvalue weighted by atomic mass is 35.9. The Hall–Kier alpha value is 1.95. The lowest BCUT2D eigenvalue weighted by atomic mass is 10.2. The van der Waals surface area contributed by atoms with E-state index in [0.29, 0.717) is 12.1 Å². The van der Waals surface area contributed by atoms with Gasteiger partial charge in [-0.1, -0.05) is 53.9 Å². The summed E-state index contributed by atoms with van der Waals surface area (Å²) >= 11 is 27.0. The molecule has 10 heteroatoms. The number of rotatable bonds is 9. The summed E-state index contributed by atoms with van der Waals surface area (Å²) in [5.74, 6) is 0. The summed E-state index contributed by atoms with van der Waals surface area (Å²) in [7, 11) is -5.06. The summed E-state index contributed by atoms with van der Waals surface area (Å²) in [6, 6.07) is 0.618. The van der Waals surface area contributed by atoms with Crippen LogP contribution in [0.3, 0.4) is 0 Å². The summed E-state index contributed by atoms with van der Waals surface area (Å²) in [6.07, 6.45) is 2.00. The normalized spacial score (nSPS) is 19.4. The largest absolute Gasteiger partial charge is 0.376 e. The molecule has 0 bridgehead atoms. The molecule has 0 aliphatic rings. The van der Waals surface area contributed by atoms with Gasteiger partial charge in [-0.05, 0) is 12.8 Å². The Morgan fingerprint density at radius 2 is 1.32 bits per heavy atom. The topological polar surface area (TPSA) is 15.3 Å². The Morgan fingerprint density at radius 3 is 1.55 bits per heavy atom. The minimum Gasteiger partial charge on any atom is -0.337 e. The smallest absolute Gasteiger partial charge is 0.337 e. The monoisotopic (exact) mass is 455 g/mol. The molecule has 3 unspecified atom stereocenters. The van der Waals surface area contributed by atoms with Crippen LogP contribution in [0.15, 0.2) is 0 Å². The molecule has 2 nitrogen and oxygen atoms in total. The van der Waals surface area contributed by atoms with Gasteiger partial charge >= 0.3 is 12.7 Å². The van der Waals surface area contributed by atoms with Crippen molar-refractivity contribution in [1.82, 2.24) is 9.21 Å². The fourth-order valence-corrected chi connectivity index (χ4v) is 31.1. The molecule has 0 aliphatic heterocycles. The van der Waals surface area contributed by atoms with E-state index in [0.717, 1.165) is 12.8 Å². The van der Waals surface area contributed by atoms with Gasteiger partial charge in [-0.3, -0.25) is 4.57 Å². The van der Waals surface area contributed by atoms with Crippen LogP contribution in [0.25, 0.3) is 0 Å². The van der Waals surface area contributed by atoms with Crippen molar-refractivity contribution in [3.63, 3.8) is 0 Å². The highest BCUT2D eigenvalue weighted by molar-refractivity contribution is 7.95. The Morgan fingerprint density at radius 1 is 0.955 bits per heavy atom. The maximum Gasteiger partial charge on any atom is 0.376 e. The van der Waals surface area contributed by atoms with Crippen LogP contribution in [0.5, 0.6) is 0 Å². The molecule has 0 fully saturated rings. The van der Waals surface area contributed by atoms with Crippen LogP contribution in [-0.2, 0) is 0 Å². The van der Waals surface area contributed by atoms with Crippen molar-refractivity contribution in [3.05, 3.63) is 0 Å². The zero-order valence-corrected chi connectivity index (χ0v) is 22.1. The minimum atomic E-state index is -3.10. The van der Waals surface area contributed by atoms with E-state index in [2.05, 4.69) is 63.1 Å². The molecule has 0 rings (SSSR count). The van der Waals surface area contributed by atoms with E-state index in [1.165, 1.54) is 0 Å². The van der Waals surface area contributed by atoms with E-state index >= 15 is 0 Å². The van der Waals surface area contributed by atoms with Gasteiger partial charge in [0, 0.05) is 12.1 Å². The van der Waals surface area contributed by atoms with Crippen LogP contribution in [0, 0.1) is 0 Å². The molecule has 1 N–H and O–H groups in total. The zero-order chi connectivity index (χ0) is 17.9. The van der Waals surface area contributed by atoms with Gasteiger partial charge in [0.1, 0.15) is 7.75 Å². The van der Waals surface area contributed by atoms with E-state index in [-0.39, 0.29) is 0 Å². The van der Waals surface area contributed by atoms with Crippen molar-refractivity contribution in [2.24, 2.45) is 0 Å². The fourth-order valence-electron chi connectivity index (χ4n) is 2.26. The van der Waals surface area contributed by atoms with Crippen LogP contribution in [0.2, 0.25) is 26.2 Å². The molecule has 0 aromatic carbocycles. The highest BCUT2D eigenvalue weighted by Gasteiger charge is 2.62. The first-order chi connectivity index (χ1) is 9.74. The molecule has 0 amide bonds. The first-order valence-electron chi connectivity index (χ1n) is 7.88. The molecule has 0 aliphatic carbocycles. The van der Waals surface area contributed by atoms with Crippen molar-refractivity contribution in [3.8, 4) is 0 Å². The summed E-state index contributed by atoms with van der Waals surface area (Å²) in [6.45, 7) is 18.0. The van der Waals surface area contributed by atoms with Crippen LogP contribution in [0.1, 0.15) is 40.5 Å². The third kappa shape index (κ3) is 5.74. The molecule has 0 aromatic rings. The number of hydrogen-bond acceptors (Lipinski definition) is 2. The molecular weight excluding hydrogens is 426 g/mol. The van der Waals surface area contributed by atoms with Crippen molar-refractivity contribution in [1.29, 1.82) is 0 Å². The summed E-state index contributed by atoms with van der Waals surface area (Å²) in [5, 5.41) is 0. The molecule has 0 saturated carbocycles. The van der Waals surface area contributed by atoms with Gasteiger partial charge in [-0.2, -0.15) is 0 Å². The minimum absolute atomic E-state index is 0.309. The zero-order valence-electron chi connectivity index (χ0n) is 15.0. The molecule has 0 saturated heterocycles. The first kappa shape index (κ1) is 23.9. The summed E-state index contributed by atoms with van der Waals surface area (Å²) < 4.78 is 6.17. The van der Waals surface area contributed by atoms with Gasteiger partial charge in [0.15, 0.2) is 0 Å². The Bertz CT molecular complexity index is 345. The van der Waals surface area contributed by atoms with Gasteiger partial charge < -0.3 is 4.65 Å². The van der Waals surface area contributed by atoms with E-state index < -0.39 is 28.8 Å². The SMILES string of the molecule is CCC(C)N(C(C)CC)[Si](Cl)(N[Si](C)(C)[Si](C)C)[Si](Cl)(Cl)Cl. The molecule has 22 heavy (non-hydrogen) atoms. The van der Waals surface area contributed by atoms with Crippen molar-refractivity contribution >= 4 is 73.1 Å². The third-order valence-electron chi connectivity index (χ3n) is 4.59. The van der Waals surface area contributed by atoms with Gasteiger partial charge in [0.05, 0.1) is 8.31 Å². The van der Waals surface area contributed by atoms with Crippen molar-refractivity contribution < 1.29 is 0 Å². The van der Waals surface area contributed by atoms with Crippen LogP contribution in [0.4, 0.5) is 0 Å². The summed E-state index contributed by atoms with van der Waals surface area (Å²) in [5.41, 5.74) is -3.10. The van der Waals surface area contributed by atoms with Gasteiger partial charge in [-0.25, -0.2) is 0 Å². The van der Waals surface area contributed by atoms with E-state index in [1.54, 1.807) is 0 Å². The lowest BCUT2D eigenvalue weighted by Crippen LogP contribution is -2.80. The predicted octanol–water partition coefficient (Wildman–Crippen LogP) is 5.42. The van der Waals surface area contributed by atoms with Gasteiger partial charge in [0.25, 0.3) is 0 Å². The lowest BCUT2D eigenvalue weighted by molar-refractivity contribution is 0.260. The Kier molecular flexibility index (Phi) is 9.85. The lowest BCUT2D eigenvalue weighted by Gasteiger charge is -2.50. The van der Waals surface area contributed by atoms with Crippen molar-refractivity contribution in [2.45, 2.75) is 78.8 Å². The van der Waals surface area contributed by atoms with E-state index in [1.807, 2.05) is 0 Å². The van der Waals surface area contributed by atoms with Crippen LogP contribution in [-0.4, -0.2) is 45.5 Å². The van der Waals surface area contributed by atoms with Gasteiger partial charge in [-0.15, -0.1) is 44.3 Å². The maximum absolute atomic E-state index is 7.23. The predicted molar refractivity (Wildman–Crippen MR) is 114 cm³/mol. The summed E-state index contributed by atoms with van der Waals surface area (Å²) in [4.78, 5) is 0. The van der Waals surface area contributed by atoms with Gasteiger partial charge in [0.2, 0.25) is 0 Å². The second-order valence-electron chi connectivity index (χ2n) is 6.79. The quantitative estimate of drug-likeness (QED) is 0.367. The number of halogens is 4. The number of nitrogens with one attached hydrogen (secondary N) is 1. The molecular formula is C12H31Cl4N2Si4. The highest BCUT2D eigenvalue weighted by Crippen LogP contribution is 2.39. The number of nitrogens with zero attached hydrogens (tertiary/aromatic N) is 1. The standard InChI is InChI=1S/C12H31Cl4N2Si4/c1-9-11(3)18(12(4)10-2)22(16,21(13,14)15)17-20(7,8)19(5)6/h11-12,17H,9-10H2,1-8H3. The second-order valence-corrected chi connectivity index (χ2v) is 39.3. The van der Waals surface area contributed by atoms with Crippen molar-refractivity contribution in [2.75, 3.05) is 0 Å².